The van der Waals surface area contributed by atoms with Gasteiger partial charge in [-0.2, -0.15) is 0 Å². The number of sulfonamides is 2. The summed E-state index contributed by atoms with van der Waals surface area (Å²) in [5.74, 6) is 0.151. The molecule has 9 heteroatoms. The first-order chi connectivity index (χ1) is 11.2. The van der Waals surface area contributed by atoms with Gasteiger partial charge in [0.25, 0.3) is 10.0 Å². The van der Waals surface area contributed by atoms with Gasteiger partial charge in [-0.3, -0.25) is 9.03 Å². The average Bonchev–Trinajstić information content (AvgIpc) is 3.07. The highest BCUT2D eigenvalue weighted by Gasteiger charge is 2.28. The van der Waals surface area contributed by atoms with E-state index in [0.29, 0.717) is 29.9 Å². The number of nitrogens with zero attached hydrogens (tertiary/aromatic N) is 1. The Morgan fingerprint density at radius 2 is 1.92 bits per heavy atom. The predicted octanol–water partition coefficient (Wildman–Crippen LogP) is 2.71. The van der Waals surface area contributed by atoms with Gasteiger partial charge in [0.2, 0.25) is 10.0 Å². The highest BCUT2D eigenvalue weighted by Crippen LogP contribution is 2.30. The van der Waals surface area contributed by atoms with E-state index in [9.17, 15) is 16.8 Å². The van der Waals surface area contributed by atoms with Crippen LogP contribution in [0.1, 0.15) is 16.9 Å². The van der Waals surface area contributed by atoms with Crippen molar-refractivity contribution in [1.82, 2.24) is 0 Å². The fourth-order valence-corrected chi connectivity index (χ4v) is 6.57. The lowest BCUT2D eigenvalue weighted by Gasteiger charge is -2.18. The molecule has 0 saturated carbocycles. The quantitative estimate of drug-likeness (QED) is 0.876. The van der Waals surface area contributed by atoms with Crippen LogP contribution in [-0.4, -0.2) is 29.1 Å². The van der Waals surface area contributed by atoms with E-state index in [1.807, 2.05) is 6.92 Å². The Morgan fingerprint density at radius 3 is 2.46 bits per heavy atom. The number of nitrogens with one attached hydrogen (secondary N) is 1. The maximum atomic E-state index is 12.4. The minimum Gasteiger partial charge on any atom is -0.279 e. The minimum atomic E-state index is -3.63. The molecule has 0 radical (unpaired) electrons. The summed E-state index contributed by atoms with van der Waals surface area (Å²) in [6.07, 6.45) is 0.605. The van der Waals surface area contributed by atoms with Gasteiger partial charge in [0, 0.05) is 11.4 Å². The number of aryl methyl sites for hydroxylation is 2. The van der Waals surface area contributed by atoms with Crippen molar-refractivity contribution in [2.45, 2.75) is 24.5 Å². The Morgan fingerprint density at radius 1 is 1.17 bits per heavy atom. The van der Waals surface area contributed by atoms with E-state index in [0.717, 1.165) is 4.88 Å². The van der Waals surface area contributed by atoms with Gasteiger partial charge < -0.3 is 0 Å². The van der Waals surface area contributed by atoms with E-state index in [1.165, 1.54) is 15.6 Å². The van der Waals surface area contributed by atoms with Crippen LogP contribution in [0.3, 0.4) is 0 Å². The average molecular weight is 387 g/mol. The minimum absolute atomic E-state index is 0.151. The topological polar surface area (TPSA) is 83.6 Å². The molecule has 1 saturated heterocycles. The lowest BCUT2D eigenvalue weighted by Crippen LogP contribution is -2.25. The van der Waals surface area contributed by atoms with Crippen molar-refractivity contribution in [2.75, 3.05) is 21.3 Å². The molecule has 1 N–H and O–H groups in total. The molecule has 0 aliphatic carbocycles. The summed E-state index contributed by atoms with van der Waals surface area (Å²) in [4.78, 5) is 0.918. The molecule has 1 aromatic heterocycles. The number of hydrogen-bond donors (Lipinski definition) is 1. The van der Waals surface area contributed by atoms with Crippen molar-refractivity contribution < 1.29 is 16.8 Å². The summed E-state index contributed by atoms with van der Waals surface area (Å²) in [6, 6.07) is 8.26. The third-order valence-corrected chi connectivity index (χ3v) is 8.55. The zero-order valence-corrected chi connectivity index (χ0v) is 15.8. The highest BCUT2D eigenvalue weighted by atomic mass is 32.2. The summed E-state index contributed by atoms with van der Waals surface area (Å²) in [6.45, 7) is 4.06. The fourth-order valence-electron chi connectivity index (χ4n) is 2.60. The summed E-state index contributed by atoms with van der Waals surface area (Å²) in [7, 11) is -6.88. The van der Waals surface area contributed by atoms with Gasteiger partial charge in [-0.25, -0.2) is 16.8 Å². The molecule has 24 heavy (non-hydrogen) atoms. The maximum absolute atomic E-state index is 12.4. The number of thiophene rings is 1. The molecule has 1 fully saturated rings. The molecule has 1 aromatic carbocycles. The third kappa shape index (κ3) is 3.28. The number of benzene rings is 1. The first-order valence-electron chi connectivity index (χ1n) is 7.39. The largest absolute Gasteiger partial charge is 0.279 e. The van der Waals surface area contributed by atoms with E-state index in [1.54, 1.807) is 37.3 Å². The van der Waals surface area contributed by atoms with Crippen molar-refractivity contribution in [3.8, 4) is 0 Å². The summed E-state index contributed by atoms with van der Waals surface area (Å²) in [5, 5.41) is 0. The first kappa shape index (κ1) is 17.2. The molecule has 1 aliphatic rings. The molecule has 6 nitrogen and oxygen atoms in total. The number of anilines is 2. The van der Waals surface area contributed by atoms with Crippen LogP contribution >= 0.6 is 11.3 Å². The van der Waals surface area contributed by atoms with Gasteiger partial charge >= 0.3 is 0 Å². The zero-order chi connectivity index (χ0) is 17.5. The third-order valence-electron chi connectivity index (χ3n) is 3.82. The molecule has 1 aliphatic heterocycles. The van der Waals surface area contributed by atoms with Crippen molar-refractivity contribution in [3.63, 3.8) is 0 Å². The number of hydrogen-bond acceptors (Lipinski definition) is 5. The van der Waals surface area contributed by atoms with Gasteiger partial charge in [-0.15, -0.1) is 11.3 Å². The Balaban J connectivity index is 1.88. The van der Waals surface area contributed by atoms with E-state index in [2.05, 4.69) is 4.72 Å². The molecular formula is C15H18N2O4S3. The van der Waals surface area contributed by atoms with Crippen molar-refractivity contribution in [2.24, 2.45) is 0 Å². The second kappa shape index (κ2) is 6.05. The molecule has 2 aromatic rings. The van der Waals surface area contributed by atoms with E-state index < -0.39 is 20.0 Å². The Kier molecular flexibility index (Phi) is 4.35. The lowest BCUT2D eigenvalue weighted by atomic mass is 10.2. The van der Waals surface area contributed by atoms with Gasteiger partial charge in [0.15, 0.2) is 0 Å². The molecule has 3 rings (SSSR count). The van der Waals surface area contributed by atoms with Gasteiger partial charge in [0.1, 0.15) is 4.21 Å². The predicted molar refractivity (Wildman–Crippen MR) is 96.8 cm³/mol. The normalized spacial score (nSPS) is 17.2. The molecule has 2 heterocycles. The maximum Gasteiger partial charge on any atom is 0.271 e. The van der Waals surface area contributed by atoms with E-state index in [4.69, 9.17) is 0 Å². The first-order valence-corrected chi connectivity index (χ1v) is 11.3. The van der Waals surface area contributed by atoms with Crippen LogP contribution in [-0.2, 0) is 20.0 Å². The van der Waals surface area contributed by atoms with Crippen molar-refractivity contribution in [1.29, 1.82) is 0 Å². The van der Waals surface area contributed by atoms with Crippen molar-refractivity contribution in [3.05, 3.63) is 40.8 Å². The second-order valence-corrected chi connectivity index (χ2v) is 10.9. The summed E-state index contributed by atoms with van der Waals surface area (Å²) >= 11 is 1.21. The van der Waals surface area contributed by atoms with Gasteiger partial charge in [-0.05, 0) is 56.2 Å². The Labute approximate surface area is 146 Å². The lowest BCUT2D eigenvalue weighted by molar-refractivity contribution is 0.598. The SMILES string of the molecule is Cc1ccc(S(=O)(=O)Nc2ccc(N3CCCS3(=O)=O)cc2C)s1. The second-order valence-electron chi connectivity index (χ2n) is 5.71. The van der Waals surface area contributed by atoms with Crippen LogP contribution in [0.25, 0.3) is 0 Å². The van der Waals surface area contributed by atoms with Gasteiger partial charge in [0.05, 0.1) is 17.1 Å². The van der Waals surface area contributed by atoms with Crippen LogP contribution in [0.4, 0.5) is 11.4 Å². The molecular weight excluding hydrogens is 368 g/mol. The van der Waals surface area contributed by atoms with Crippen LogP contribution < -0.4 is 9.03 Å². The standard InChI is InChI=1S/C15H18N2O4S3/c1-11-10-13(17-8-3-9-23(17,18)19)5-6-14(11)16-24(20,21)15-7-4-12(2)22-15/h4-7,10,16H,3,8-9H2,1-2H3. The smallest absolute Gasteiger partial charge is 0.271 e. The number of rotatable bonds is 4. The molecule has 130 valence electrons. The molecule has 0 atom stereocenters. The molecule has 0 spiro atoms. The van der Waals surface area contributed by atoms with Crippen LogP contribution in [0.5, 0.6) is 0 Å². The van der Waals surface area contributed by atoms with Gasteiger partial charge in [-0.1, -0.05) is 0 Å². The molecule has 0 amide bonds. The zero-order valence-electron chi connectivity index (χ0n) is 13.3. The summed E-state index contributed by atoms with van der Waals surface area (Å²) in [5.41, 5.74) is 1.69. The molecule has 0 unspecified atom stereocenters. The fraction of sp³-hybridized carbons (Fsp3) is 0.333. The Bertz CT molecular complexity index is 978. The monoisotopic (exact) mass is 386 g/mol. The Hall–Kier alpha value is -1.58. The van der Waals surface area contributed by atoms with E-state index >= 15 is 0 Å². The molecule has 0 bridgehead atoms. The van der Waals surface area contributed by atoms with Crippen molar-refractivity contribution >= 4 is 42.8 Å². The summed E-state index contributed by atoms with van der Waals surface area (Å²) < 4.78 is 53.0. The highest BCUT2D eigenvalue weighted by molar-refractivity contribution is 7.94. The van der Waals surface area contributed by atoms with Crippen LogP contribution in [0.2, 0.25) is 0 Å². The van der Waals surface area contributed by atoms with Crippen LogP contribution in [0, 0.1) is 13.8 Å². The van der Waals surface area contributed by atoms with Crippen LogP contribution in [0.15, 0.2) is 34.5 Å². The van der Waals surface area contributed by atoms with E-state index in [-0.39, 0.29) is 9.96 Å².